The minimum absolute atomic E-state index is 0.250. The second-order valence-electron chi connectivity index (χ2n) is 5.10. The molecule has 0 unspecified atom stereocenters. The van der Waals surface area contributed by atoms with Gasteiger partial charge in [0, 0.05) is 12.6 Å². The molecular weight excluding hydrogens is 277 g/mol. The number of benzene rings is 1. The summed E-state index contributed by atoms with van der Waals surface area (Å²) < 4.78 is 18.5. The van der Waals surface area contributed by atoms with Gasteiger partial charge < -0.3 is 14.7 Å². The Morgan fingerprint density at radius 3 is 2.86 bits per heavy atom. The molecular formula is C15H18FNO4. The maximum absolute atomic E-state index is 13.1. The fraction of sp³-hybridized carbons (Fsp3) is 0.467. The van der Waals surface area contributed by atoms with E-state index in [9.17, 15) is 19.1 Å². The van der Waals surface area contributed by atoms with Crippen molar-refractivity contribution in [3.63, 3.8) is 0 Å². The molecule has 2 atom stereocenters. The Labute approximate surface area is 122 Å². The normalized spacial score (nSPS) is 19.9. The Morgan fingerprint density at radius 2 is 2.19 bits per heavy atom. The molecule has 0 bridgehead atoms. The van der Waals surface area contributed by atoms with Crippen LogP contribution in [0.5, 0.6) is 5.75 Å². The molecule has 114 valence electrons. The second-order valence-corrected chi connectivity index (χ2v) is 5.10. The molecule has 0 saturated carbocycles. The SMILES string of the molecule is C[C@H](Oc1cccc(F)c1)C(=O)N1CCCC[C@@H]1C(=O)O. The van der Waals surface area contributed by atoms with Gasteiger partial charge in [-0.2, -0.15) is 0 Å². The van der Waals surface area contributed by atoms with Crippen molar-refractivity contribution in [3.8, 4) is 5.75 Å². The lowest BCUT2D eigenvalue weighted by atomic mass is 10.0. The molecule has 1 aliphatic heterocycles. The predicted octanol–water partition coefficient (Wildman–Crippen LogP) is 2.06. The van der Waals surface area contributed by atoms with Crippen LogP contribution in [-0.2, 0) is 9.59 Å². The molecule has 1 fully saturated rings. The minimum atomic E-state index is -0.999. The Kier molecular flexibility index (Phi) is 4.77. The van der Waals surface area contributed by atoms with Crippen molar-refractivity contribution in [3.05, 3.63) is 30.1 Å². The average molecular weight is 295 g/mol. The summed E-state index contributed by atoms with van der Waals surface area (Å²) in [6.45, 7) is 1.95. The van der Waals surface area contributed by atoms with E-state index in [0.717, 1.165) is 12.8 Å². The molecule has 6 heteroatoms. The maximum atomic E-state index is 13.1. The number of halogens is 1. The molecule has 2 rings (SSSR count). The van der Waals surface area contributed by atoms with E-state index < -0.39 is 23.9 Å². The second kappa shape index (κ2) is 6.56. The van der Waals surface area contributed by atoms with Crippen LogP contribution in [-0.4, -0.2) is 40.6 Å². The molecule has 1 aliphatic rings. The summed E-state index contributed by atoms with van der Waals surface area (Å²) in [5.74, 6) is -1.58. The standard InChI is InChI=1S/C15H18FNO4/c1-10(21-12-6-4-5-11(16)9-12)14(18)17-8-3-2-7-13(17)15(19)20/h4-6,9-10,13H,2-3,7-8H2,1H3,(H,19,20)/t10-,13+/m0/s1. The van der Waals surface area contributed by atoms with Crippen molar-refractivity contribution in [2.24, 2.45) is 0 Å². The summed E-state index contributed by atoms with van der Waals surface area (Å²) >= 11 is 0. The van der Waals surface area contributed by atoms with Gasteiger partial charge in [-0.3, -0.25) is 4.79 Å². The molecule has 0 aromatic heterocycles. The van der Waals surface area contributed by atoms with E-state index in [1.54, 1.807) is 13.0 Å². The monoisotopic (exact) mass is 295 g/mol. The Bertz CT molecular complexity index is 534. The van der Waals surface area contributed by atoms with Crippen LogP contribution in [0.25, 0.3) is 0 Å². The topological polar surface area (TPSA) is 66.8 Å². The highest BCUT2D eigenvalue weighted by Crippen LogP contribution is 2.20. The number of aliphatic carboxylic acids is 1. The third-order valence-corrected chi connectivity index (χ3v) is 3.53. The third kappa shape index (κ3) is 3.71. The number of hydrogen-bond donors (Lipinski definition) is 1. The van der Waals surface area contributed by atoms with Gasteiger partial charge in [-0.1, -0.05) is 6.07 Å². The molecule has 0 aliphatic carbocycles. The maximum Gasteiger partial charge on any atom is 0.326 e. The molecule has 1 aromatic carbocycles. The Hall–Kier alpha value is -2.11. The highest BCUT2D eigenvalue weighted by atomic mass is 19.1. The quantitative estimate of drug-likeness (QED) is 0.923. The number of carbonyl (C=O) groups is 2. The van der Waals surface area contributed by atoms with Crippen molar-refractivity contribution >= 4 is 11.9 Å². The zero-order chi connectivity index (χ0) is 15.4. The first kappa shape index (κ1) is 15.3. The van der Waals surface area contributed by atoms with Crippen LogP contribution in [0.15, 0.2) is 24.3 Å². The number of rotatable bonds is 4. The molecule has 1 aromatic rings. The summed E-state index contributed by atoms with van der Waals surface area (Å²) in [5, 5.41) is 9.18. The van der Waals surface area contributed by atoms with E-state index in [4.69, 9.17) is 4.74 Å². The van der Waals surface area contributed by atoms with Crippen molar-refractivity contribution in [2.75, 3.05) is 6.54 Å². The average Bonchev–Trinajstić information content (AvgIpc) is 2.46. The van der Waals surface area contributed by atoms with Gasteiger partial charge in [0.1, 0.15) is 17.6 Å². The number of carbonyl (C=O) groups excluding carboxylic acids is 1. The highest BCUT2D eigenvalue weighted by Gasteiger charge is 2.34. The predicted molar refractivity (Wildman–Crippen MR) is 73.5 cm³/mol. The molecule has 0 radical (unpaired) electrons. The van der Waals surface area contributed by atoms with Crippen LogP contribution in [0.2, 0.25) is 0 Å². The first-order valence-corrected chi connectivity index (χ1v) is 6.94. The minimum Gasteiger partial charge on any atom is -0.481 e. The number of ether oxygens (including phenoxy) is 1. The Morgan fingerprint density at radius 1 is 1.43 bits per heavy atom. The molecule has 1 N–H and O–H groups in total. The first-order valence-electron chi connectivity index (χ1n) is 6.94. The zero-order valence-corrected chi connectivity index (χ0v) is 11.8. The van der Waals surface area contributed by atoms with Gasteiger partial charge in [-0.05, 0) is 38.3 Å². The fourth-order valence-corrected chi connectivity index (χ4v) is 2.48. The fourth-order valence-electron chi connectivity index (χ4n) is 2.48. The lowest BCUT2D eigenvalue weighted by molar-refractivity contribution is -0.155. The smallest absolute Gasteiger partial charge is 0.326 e. The van der Waals surface area contributed by atoms with Gasteiger partial charge in [-0.25, -0.2) is 9.18 Å². The lowest BCUT2D eigenvalue weighted by Crippen LogP contribution is -2.52. The van der Waals surface area contributed by atoms with E-state index in [2.05, 4.69) is 0 Å². The molecule has 0 spiro atoms. The summed E-state index contributed by atoms with van der Waals surface area (Å²) in [4.78, 5) is 24.9. The number of nitrogens with zero attached hydrogens (tertiary/aromatic N) is 1. The van der Waals surface area contributed by atoms with Crippen LogP contribution in [0.4, 0.5) is 4.39 Å². The van der Waals surface area contributed by atoms with Crippen LogP contribution >= 0.6 is 0 Å². The third-order valence-electron chi connectivity index (χ3n) is 3.53. The van der Waals surface area contributed by atoms with Gasteiger partial charge >= 0.3 is 5.97 Å². The van der Waals surface area contributed by atoms with Crippen LogP contribution in [0, 0.1) is 5.82 Å². The summed E-state index contributed by atoms with van der Waals surface area (Å²) in [5.41, 5.74) is 0. The summed E-state index contributed by atoms with van der Waals surface area (Å²) in [6.07, 6.45) is 1.17. The van der Waals surface area contributed by atoms with Gasteiger partial charge in [0.25, 0.3) is 5.91 Å². The summed E-state index contributed by atoms with van der Waals surface area (Å²) in [6, 6.07) is 4.71. The van der Waals surface area contributed by atoms with Crippen molar-refractivity contribution < 1.29 is 23.8 Å². The van der Waals surface area contributed by atoms with E-state index in [1.165, 1.54) is 23.1 Å². The number of piperidine rings is 1. The van der Waals surface area contributed by atoms with Crippen molar-refractivity contribution in [1.29, 1.82) is 0 Å². The number of carboxylic acids is 1. The number of hydrogen-bond acceptors (Lipinski definition) is 3. The zero-order valence-electron chi connectivity index (χ0n) is 11.8. The summed E-state index contributed by atoms with van der Waals surface area (Å²) in [7, 11) is 0. The van der Waals surface area contributed by atoms with E-state index in [0.29, 0.717) is 13.0 Å². The van der Waals surface area contributed by atoms with Crippen LogP contribution < -0.4 is 4.74 Å². The number of amides is 1. The number of likely N-dealkylation sites (tertiary alicyclic amines) is 1. The molecule has 1 amide bonds. The van der Waals surface area contributed by atoms with Crippen molar-refractivity contribution in [2.45, 2.75) is 38.3 Å². The van der Waals surface area contributed by atoms with Gasteiger partial charge in [0.15, 0.2) is 6.10 Å². The molecule has 1 saturated heterocycles. The van der Waals surface area contributed by atoms with Gasteiger partial charge in [0.2, 0.25) is 0 Å². The van der Waals surface area contributed by atoms with Gasteiger partial charge in [-0.15, -0.1) is 0 Å². The molecule has 5 nitrogen and oxygen atoms in total. The number of carboxylic acid groups (broad SMARTS) is 1. The van der Waals surface area contributed by atoms with E-state index >= 15 is 0 Å². The molecule has 1 heterocycles. The van der Waals surface area contributed by atoms with Crippen LogP contribution in [0.1, 0.15) is 26.2 Å². The lowest BCUT2D eigenvalue weighted by Gasteiger charge is -2.34. The van der Waals surface area contributed by atoms with E-state index in [-0.39, 0.29) is 11.7 Å². The van der Waals surface area contributed by atoms with Crippen LogP contribution in [0.3, 0.4) is 0 Å². The highest BCUT2D eigenvalue weighted by molar-refractivity contribution is 5.86. The Balaban J connectivity index is 2.05. The largest absolute Gasteiger partial charge is 0.481 e. The van der Waals surface area contributed by atoms with Gasteiger partial charge in [0.05, 0.1) is 0 Å². The first-order chi connectivity index (χ1) is 9.99. The van der Waals surface area contributed by atoms with E-state index in [1.807, 2.05) is 0 Å². The van der Waals surface area contributed by atoms with Crippen molar-refractivity contribution in [1.82, 2.24) is 4.90 Å². The molecule has 21 heavy (non-hydrogen) atoms.